The van der Waals surface area contributed by atoms with Crippen LogP contribution >= 0.6 is 23.1 Å². The Balaban J connectivity index is 2.04. The number of carbonyl (C=O) groups is 2. The molecule has 1 aliphatic rings. The Bertz CT molecular complexity index is 465. The molecular formula is C13H15NO2S2. The SMILES string of the molecule is CCCCCN1C(=O)S/C(=C\c2cccs2)C1=O. The van der Waals surface area contributed by atoms with Crippen molar-refractivity contribution in [3.05, 3.63) is 27.3 Å². The third-order valence-corrected chi connectivity index (χ3v) is 4.40. The van der Waals surface area contributed by atoms with Gasteiger partial charge in [-0.3, -0.25) is 14.5 Å². The number of unbranched alkanes of at least 4 members (excludes halogenated alkanes) is 2. The van der Waals surface area contributed by atoms with Crippen LogP contribution in [0.1, 0.15) is 31.1 Å². The molecule has 18 heavy (non-hydrogen) atoms. The van der Waals surface area contributed by atoms with Crippen LogP contribution in [0, 0.1) is 0 Å². The molecule has 0 N–H and O–H groups in total. The van der Waals surface area contributed by atoms with Gasteiger partial charge in [-0.25, -0.2) is 0 Å². The Morgan fingerprint density at radius 2 is 2.17 bits per heavy atom. The highest BCUT2D eigenvalue weighted by atomic mass is 32.2. The van der Waals surface area contributed by atoms with E-state index in [1.807, 2.05) is 17.5 Å². The molecule has 1 aromatic heterocycles. The number of nitrogens with zero attached hydrogens (tertiary/aromatic N) is 1. The summed E-state index contributed by atoms with van der Waals surface area (Å²) in [5.74, 6) is -0.144. The van der Waals surface area contributed by atoms with Gasteiger partial charge in [-0.15, -0.1) is 11.3 Å². The van der Waals surface area contributed by atoms with Crippen LogP contribution in [0.2, 0.25) is 0 Å². The monoisotopic (exact) mass is 281 g/mol. The van der Waals surface area contributed by atoms with Crippen LogP contribution in [0.3, 0.4) is 0 Å². The van der Waals surface area contributed by atoms with Gasteiger partial charge in [-0.2, -0.15) is 0 Å². The number of amides is 2. The van der Waals surface area contributed by atoms with Crippen molar-refractivity contribution in [2.24, 2.45) is 0 Å². The molecule has 1 aliphatic heterocycles. The highest BCUT2D eigenvalue weighted by Crippen LogP contribution is 2.33. The van der Waals surface area contributed by atoms with Crippen molar-refractivity contribution >= 4 is 40.3 Å². The van der Waals surface area contributed by atoms with Gasteiger partial charge < -0.3 is 0 Å². The highest BCUT2D eigenvalue weighted by Gasteiger charge is 2.34. The first-order valence-corrected chi connectivity index (χ1v) is 7.71. The van der Waals surface area contributed by atoms with Gasteiger partial charge in [0.05, 0.1) is 4.91 Å². The lowest BCUT2D eigenvalue weighted by Crippen LogP contribution is -2.29. The minimum atomic E-state index is -0.144. The van der Waals surface area contributed by atoms with E-state index in [1.165, 1.54) is 4.90 Å². The second kappa shape index (κ2) is 6.20. The Labute approximate surface area is 115 Å². The van der Waals surface area contributed by atoms with E-state index in [0.717, 1.165) is 35.9 Å². The van der Waals surface area contributed by atoms with Crippen molar-refractivity contribution in [2.75, 3.05) is 6.54 Å². The number of carbonyl (C=O) groups excluding carboxylic acids is 2. The third-order valence-electron chi connectivity index (χ3n) is 2.68. The van der Waals surface area contributed by atoms with Gasteiger partial charge >= 0.3 is 0 Å². The zero-order chi connectivity index (χ0) is 13.0. The smallest absolute Gasteiger partial charge is 0.268 e. The zero-order valence-corrected chi connectivity index (χ0v) is 11.9. The molecule has 0 aliphatic carbocycles. The summed E-state index contributed by atoms with van der Waals surface area (Å²) in [6.07, 6.45) is 4.82. The zero-order valence-electron chi connectivity index (χ0n) is 10.2. The summed E-state index contributed by atoms with van der Waals surface area (Å²) in [7, 11) is 0. The highest BCUT2D eigenvalue weighted by molar-refractivity contribution is 8.18. The van der Waals surface area contributed by atoms with Crippen LogP contribution < -0.4 is 0 Å². The fourth-order valence-electron chi connectivity index (χ4n) is 1.72. The molecule has 2 heterocycles. The predicted molar refractivity (Wildman–Crippen MR) is 76.5 cm³/mol. The van der Waals surface area contributed by atoms with E-state index in [9.17, 15) is 9.59 Å². The van der Waals surface area contributed by atoms with Crippen molar-refractivity contribution in [2.45, 2.75) is 26.2 Å². The van der Waals surface area contributed by atoms with E-state index >= 15 is 0 Å². The molecule has 0 unspecified atom stereocenters. The first kappa shape index (κ1) is 13.4. The standard InChI is InChI=1S/C13H15NO2S2/c1-2-3-4-7-14-12(15)11(18-13(14)16)9-10-6-5-8-17-10/h5-6,8-9H,2-4,7H2,1H3/b11-9-. The molecule has 0 aromatic carbocycles. The Morgan fingerprint density at radius 3 is 2.83 bits per heavy atom. The summed E-state index contributed by atoms with van der Waals surface area (Å²) in [4.78, 5) is 26.7. The molecule has 0 atom stereocenters. The second-order valence-corrected chi connectivity index (χ2v) is 6.03. The average molecular weight is 281 g/mol. The van der Waals surface area contributed by atoms with E-state index in [2.05, 4.69) is 6.92 Å². The topological polar surface area (TPSA) is 37.4 Å². The molecule has 1 aromatic rings. The van der Waals surface area contributed by atoms with Gasteiger partial charge in [0.1, 0.15) is 0 Å². The number of imide groups is 1. The largest absolute Gasteiger partial charge is 0.293 e. The third kappa shape index (κ3) is 3.03. The number of hydrogen-bond donors (Lipinski definition) is 0. The second-order valence-electron chi connectivity index (χ2n) is 4.06. The molecule has 3 nitrogen and oxygen atoms in total. The van der Waals surface area contributed by atoms with Crippen molar-refractivity contribution in [1.29, 1.82) is 0 Å². The molecule has 2 rings (SSSR count). The van der Waals surface area contributed by atoms with Crippen LogP contribution in [0.25, 0.3) is 6.08 Å². The number of hydrogen-bond acceptors (Lipinski definition) is 4. The first-order chi connectivity index (χ1) is 8.72. The molecule has 0 radical (unpaired) electrons. The average Bonchev–Trinajstić information content (AvgIpc) is 2.93. The fraction of sp³-hybridized carbons (Fsp3) is 0.385. The minimum absolute atomic E-state index is 0.140. The first-order valence-electron chi connectivity index (χ1n) is 6.01. The van der Waals surface area contributed by atoms with Gasteiger partial charge in [-0.05, 0) is 35.7 Å². The molecule has 0 spiro atoms. The fourth-order valence-corrected chi connectivity index (χ4v) is 3.30. The number of rotatable bonds is 5. The molecule has 96 valence electrons. The number of thioether (sulfide) groups is 1. The van der Waals surface area contributed by atoms with Crippen molar-refractivity contribution in [1.82, 2.24) is 4.90 Å². The van der Waals surface area contributed by atoms with Crippen molar-refractivity contribution < 1.29 is 9.59 Å². The quantitative estimate of drug-likeness (QED) is 0.605. The van der Waals surface area contributed by atoms with Crippen LogP contribution in [0.4, 0.5) is 4.79 Å². The van der Waals surface area contributed by atoms with E-state index in [4.69, 9.17) is 0 Å². The maximum atomic E-state index is 12.1. The summed E-state index contributed by atoms with van der Waals surface area (Å²) in [6.45, 7) is 2.64. The lowest BCUT2D eigenvalue weighted by molar-refractivity contribution is -0.122. The lowest BCUT2D eigenvalue weighted by Gasteiger charge is -2.11. The van der Waals surface area contributed by atoms with Crippen LogP contribution in [0.5, 0.6) is 0 Å². The molecule has 0 bridgehead atoms. The molecular weight excluding hydrogens is 266 g/mol. The van der Waals surface area contributed by atoms with Gasteiger partial charge in [0.15, 0.2) is 0 Å². The Hall–Kier alpha value is -1.07. The van der Waals surface area contributed by atoms with Gasteiger partial charge in [-0.1, -0.05) is 25.8 Å². The summed E-state index contributed by atoms with van der Waals surface area (Å²) < 4.78 is 0. The van der Waals surface area contributed by atoms with E-state index < -0.39 is 0 Å². The van der Waals surface area contributed by atoms with Crippen LogP contribution in [0.15, 0.2) is 22.4 Å². The van der Waals surface area contributed by atoms with Gasteiger partial charge in [0.25, 0.3) is 11.1 Å². The van der Waals surface area contributed by atoms with Gasteiger partial charge in [0.2, 0.25) is 0 Å². The summed E-state index contributed by atoms with van der Waals surface area (Å²) in [5, 5.41) is 1.82. The van der Waals surface area contributed by atoms with Gasteiger partial charge in [0, 0.05) is 11.4 Å². The van der Waals surface area contributed by atoms with E-state index in [1.54, 1.807) is 17.4 Å². The Morgan fingerprint density at radius 1 is 1.33 bits per heavy atom. The van der Waals surface area contributed by atoms with Crippen molar-refractivity contribution in [3.63, 3.8) is 0 Å². The Kier molecular flexibility index (Phi) is 4.60. The molecule has 1 saturated heterocycles. The molecule has 2 amide bonds. The molecule has 1 fully saturated rings. The minimum Gasteiger partial charge on any atom is -0.268 e. The number of thiophene rings is 1. The summed E-state index contributed by atoms with van der Waals surface area (Å²) in [6, 6.07) is 3.87. The predicted octanol–water partition coefficient (Wildman–Crippen LogP) is 3.97. The van der Waals surface area contributed by atoms with Crippen LogP contribution in [-0.4, -0.2) is 22.6 Å². The van der Waals surface area contributed by atoms with E-state index in [0.29, 0.717) is 11.4 Å². The summed E-state index contributed by atoms with van der Waals surface area (Å²) >= 11 is 2.61. The normalized spacial score (nSPS) is 18.1. The van der Waals surface area contributed by atoms with Crippen molar-refractivity contribution in [3.8, 4) is 0 Å². The lowest BCUT2D eigenvalue weighted by atomic mass is 10.2. The summed E-state index contributed by atoms with van der Waals surface area (Å²) in [5.41, 5.74) is 0. The van der Waals surface area contributed by atoms with E-state index in [-0.39, 0.29) is 11.1 Å². The molecule has 0 saturated carbocycles. The van der Waals surface area contributed by atoms with Crippen LogP contribution in [-0.2, 0) is 4.79 Å². The maximum Gasteiger partial charge on any atom is 0.293 e. The maximum absolute atomic E-state index is 12.1. The molecule has 5 heteroatoms.